The summed E-state index contributed by atoms with van der Waals surface area (Å²) in [6.45, 7) is 5.18. The Morgan fingerprint density at radius 3 is 2.53 bits per heavy atom. The molecule has 1 heterocycles. The molecule has 0 unspecified atom stereocenters. The summed E-state index contributed by atoms with van der Waals surface area (Å²) in [7, 11) is 0. The average Bonchev–Trinajstić information content (AvgIpc) is 2.60. The van der Waals surface area contributed by atoms with Crippen molar-refractivity contribution in [1.29, 1.82) is 0 Å². The van der Waals surface area contributed by atoms with Crippen LogP contribution in [-0.4, -0.2) is 24.0 Å². The third kappa shape index (κ3) is 2.69. The highest BCUT2D eigenvalue weighted by Gasteiger charge is 2.36. The van der Waals surface area contributed by atoms with Crippen LogP contribution in [0.25, 0.3) is 0 Å². The molecule has 1 aromatic rings. The summed E-state index contributed by atoms with van der Waals surface area (Å²) in [6.07, 6.45) is -0.608. The first-order chi connectivity index (χ1) is 8.70. The molecular formula is C13H13Cl2NO3. The Bertz CT molecular complexity index is 564. The highest BCUT2D eigenvalue weighted by atomic mass is 35.5. The molecule has 0 aliphatic carbocycles. The summed E-state index contributed by atoms with van der Waals surface area (Å²) in [6, 6.07) is 3.11. The molecule has 0 saturated heterocycles. The summed E-state index contributed by atoms with van der Waals surface area (Å²) in [4.78, 5) is 25.2. The first-order valence-electron chi connectivity index (χ1n) is 5.72. The van der Waals surface area contributed by atoms with Crippen LogP contribution in [0.3, 0.4) is 0 Å². The van der Waals surface area contributed by atoms with E-state index in [1.807, 2.05) is 0 Å². The lowest BCUT2D eigenvalue weighted by atomic mass is 10.1. The minimum Gasteiger partial charge on any atom is -0.443 e. The lowest BCUT2D eigenvalue weighted by Gasteiger charge is -2.24. The molecule has 0 atom stereocenters. The van der Waals surface area contributed by atoms with E-state index in [1.165, 1.54) is 4.90 Å². The Balaban J connectivity index is 2.41. The van der Waals surface area contributed by atoms with Crippen LogP contribution in [0.1, 0.15) is 31.1 Å². The molecule has 0 saturated carbocycles. The smallest absolute Gasteiger partial charge is 0.415 e. The first kappa shape index (κ1) is 14.2. The first-order valence-corrected chi connectivity index (χ1v) is 6.48. The molecule has 4 nitrogen and oxygen atoms in total. The molecule has 0 bridgehead atoms. The van der Waals surface area contributed by atoms with E-state index in [2.05, 4.69) is 0 Å². The van der Waals surface area contributed by atoms with Gasteiger partial charge in [0.2, 0.25) is 0 Å². The fourth-order valence-electron chi connectivity index (χ4n) is 1.81. The van der Waals surface area contributed by atoms with Crippen molar-refractivity contribution >= 4 is 40.8 Å². The van der Waals surface area contributed by atoms with Crippen LogP contribution in [0.2, 0.25) is 10.0 Å². The molecule has 1 aliphatic rings. The second-order valence-electron chi connectivity index (χ2n) is 5.25. The number of halogens is 2. The Kier molecular flexibility index (Phi) is 3.49. The predicted molar refractivity (Wildman–Crippen MR) is 74.4 cm³/mol. The van der Waals surface area contributed by atoms with Crippen molar-refractivity contribution in [3.05, 3.63) is 27.7 Å². The zero-order valence-electron chi connectivity index (χ0n) is 10.8. The van der Waals surface area contributed by atoms with Gasteiger partial charge < -0.3 is 4.74 Å². The minimum absolute atomic E-state index is 0.0791. The summed E-state index contributed by atoms with van der Waals surface area (Å²) >= 11 is 12.0. The van der Waals surface area contributed by atoms with Crippen molar-refractivity contribution in [2.75, 3.05) is 11.4 Å². The van der Waals surface area contributed by atoms with Gasteiger partial charge in [-0.3, -0.25) is 9.69 Å². The summed E-state index contributed by atoms with van der Waals surface area (Å²) < 4.78 is 5.25. The van der Waals surface area contributed by atoms with E-state index in [1.54, 1.807) is 32.9 Å². The Hall–Kier alpha value is -1.26. The van der Waals surface area contributed by atoms with Crippen molar-refractivity contribution < 1.29 is 14.3 Å². The molecule has 1 aliphatic heterocycles. The standard InChI is InChI=1S/C13H13Cl2NO3/c1-13(2,3)19-12(18)16-6-9(17)7-4-5-8(14)10(15)11(7)16/h4-5H,6H2,1-3H3. The maximum absolute atomic E-state index is 12.1. The number of hydrogen-bond acceptors (Lipinski definition) is 3. The minimum atomic E-state index is -0.645. The van der Waals surface area contributed by atoms with Crippen LogP contribution in [0.15, 0.2) is 12.1 Å². The number of amides is 1. The summed E-state index contributed by atoms with van der Waals surface area (Å²) in [5.74, 6) is -0.181. The zero-order valence-corrected chi connectivity index (χ0v) is 12.3. The highest BCUT2D eigenvalue weighted by Crippen LogP contribution is 2.40. The van der Waals surface area contributed by atoms with Gasteiger partial charge in [-0.15, -0.1) is 0 Å². The summed E-state index contributed by atoms with van der Waals surface area (Å²) in [5, 5.41) is 0.486. The van der Waals surface area contributed by atoms with Crippen LogP contribution in [-0.2, 0) is 4.74 Å². The molecule has 0 radical (unpaired) electrons. The van der Waals surface area contributed by atoms with E-state index >= 15 is 0 Å². The van der Waals surface area contributed by atoms with E-state index in [0.29, 0.717) is 16.3 Å². The highest BCUT2D eigenvalue weighted by molar-refractivity contribution is 6.45. The van der Waals surface area contributed by atoms with Gasteiger partial charge in [0.15, 0.2) is 5.78 Å². The topological polar surface area (TPSA) is 46.6 Å². The molecule has 19 heavy (non-hydrogen) atoms. The number of Topliss-reactive ketones (excluding diaryl/α,β-unsaturated/α-hetero) is 1. The molecule has 2 rings (SSSR count). The Morgan fingerprint density at radius 2 is 1.95 bits per heavy atom. The number of hydrogen-bond donors (Lipinski definition) is 0. The summed E-state index contributed by atoms with van der Waals surface area (Å²) in [5.41, 5.74) is 0.0715. The monoisotopic (exact) mass is 301 g/mol. The molecule has 0 spiro atoms. The second kappa shape index (κ2) is 4.69. The quantitative estimate of drug-likeness (QED) is 0.729. The van der Waals surface area contributed by atoms with Gasteiger partial charge in [-0.25, -0.2) is 4.79 Å². The van der Waals surface area contributed by atoms with Gasteiger partial charge in [0.25, 0.3) is 0 Å². The Labute approximate surface area is 121 Å². The zero-order chi connectivity index (χ0) is 14.4. The lowest BCUT2D eigenvalue weighted by Crippen LogP contribution is -2.36. The van der Waals surface area contributed by atoms with Crippen LogP contribution in [0.4, 0.5) is 10.5 Å². The van der Waals surface area contributed by atoms with Gasteiger partial charge in [0.1, 0.15) is 5.60 Å². The van der Waals surface area contributed by atoms with Crippen molar-refractivity contribution in [1.82, 2.24) is 0 Å². The molecule has 0 aromatic heterocycles. The molecule has 1 aromatic carbocycles. The van der Waals surface area contributed by atoms with Crippen LogP contribution in [0, 0.1) is 0 Å². The Morgan fingerprint density at radius 1 is 1.32 bits per heavy atom. The number of carbonyl (C=O) groups excluding carboxylic acids is 2. The van der Waals surface area contributed by atoms with Crippen LogP contribution >= 0.6 is 23.2 Å². The van der Waals surface area contributed by atoms with Crippen molar-refractivity contribution in [3.63, 3.8) is 0 Å². The van der Waals surface area contributed by atoms with Gasteiger partial charge in [0, 0.05) is 5.56 Å². The van der Waals surface area contributed by atoms with Crippen LogP contribution in [0.5, 0.6) is 0 Å². The predicted octanol–water partition coefficient (Wildman–Crippen LogP) is 3.93. The molecule has 102 valence electrons. The SMILES string of the molecule is CC(C)(C)OC(=O)N1CC(=O)c2ccc(Cl)c(Cl)c21. The van der Waals surface area contributed by atoms with Crippen molar-refractivity contribution in [2.24, 2.45) is 0 Å². The number of ketones is 1. The number of carbonyl (C=O) groups is 2. The lowest BCUT2D eigenvalue weighted by molar-refractivity contribution is 0.0579. The van der Waals surface area contributed by atoms with E-state index < -0.39 is 11.7 Å². The molecule has 0 N–H and O–H groups in total. The van der Waals surface area contributed by atoms with Gasteiger partial charge in [-0.05, 0) is 32.9 Å². The fraction of sp³-hybridized carbons (Fsp3) is 0.385. The maximum atomic E-state index is 12.1. The van der Waals surface area contributed by atoms with E-state index in [9.17, 15) is 9.59 Å². The van der Waals surface area contributed by atoms with Crippen molar-refractivity contribution in [2.45, 2.75) is 26.4 Å². The fourth-order valence-corrected chi connectivity index (χ4v) is 2.23. The van der Waals surface area contributed by atoms with E-state index in [-0.39, 0.29) is 17.4 Å². The van der Waals surface area contributed by atoms with Gasteiger partial charge in [-0.1, -0.05) is 23.2 Å². The largest absolute Gasteiger partial charge is 0.443 e. The third-order valence-corrected chi connectivity index (χ3v) is 3.35. The number of rotatable bonds is 0. The average molecular weight is 302 g/mol. The maximum Gasteiger partial charge on any atom is 0.415 e. The van der Waals surface area contributed by atoms with Gasteiger partial charge in [-0.2, -0.15) is 0 Å². The number of fused-ring (bicyclic) bond motifs is 1. The number of anilines is 1. The molecule has 6 heteroatoms. The molecular weight excluding hydrogens is 289 g/mol. The van der Waals surface area contributed by atoms with Gasteiger partial charge in [0.05, 0.1) is 22.3 Å². The second-order valence-corrected chi connectivity index (χ2v) is 6.03. The van der Waals surface area contributed by atoms with E-state index in [0.717, 1.165) is 0 Å². The van der Waals surface area contributed by atoms with E-state index in [4.69, 9.17) is 27.9 Å². The molecule has 1 amide bonds. The van der Waals surface area contributed by atoms with Crippen molar-refractivity contribution in [3.8, 4) is 0 Å². The van der Waals surface area contributed by atoms with Gasteiger partial charge >= 0.3 is 6.09 Å². The normalized spacial score (nSPS) is 14.6. The molecule has 0 fully saturated rings. The number of ether oxygens (including phenoxy) is 1. The number of nitrogens with zero attached hydrogens (tertiary/aromatic N) is 1. The third-order valence-electron chi connectivity index (χ3n) is 2.55. The van der Waals surface area contributed by atoms with Crippen LogP contribution < -0.4 is 4.90 Å². The number of benzene rings is 1.